The predicted octanol–water partition coefficient (Wildman–Crippen LogP) is 3.04. The number of hydrogen-bond donors (Lipinski definition) is 2. The summed E-state index contributed by atoms with van der Waals surface area (Å²) in [6.07, 6.45) is 0. The Hall–Kier alpha value is -2.82. The Kier molecular flexibility index (Phi) is 5.14. The topological polar surface area (TPSA) is 67.4 Å². The van der Waals surface area contributed by atoms with Gasteiger partial charge in [0, 0.05) is 24.8 Å². The van der Waals surface area contributed by atoms with Gasteiger partial charge >= 0.3 is 5.97 Å². The minimum absolute atomic E-state index is 0.0913. The average molecular weight is 298 g/mol. The van der Waals surface area contributed by atoms with Crippen molar-refractivity contribution >= 4 is 23.3 Å². The molecule has 0 saturated heterocycles. The van der Waals surface area contributed by atoms with Crippen LogP contribution in [0.4, 0.5) is 11.4 Å². The van der Waals surface area contributed by atoms with Gasteiger partial charge in [0.05, 0.1) is 12.7 Å². The molecule has 2 rings (SSSR count). The summed E-state index contributed by atoms with van der Waals surface area (Å²) in [7, 11) is 1.36. The zero-order chi connectivity index (χ0) is 15.9. The highest BCUT2D eigenvalue weighted by atomic mass is 16.5. The third kappa shape index (κ3) is 4.34. The molecule has 0 aliphatic heterocycles. The Balaban J connectivity index is 1.92. The van der Waals surface area contributed by atoms with Crippen molar-refractivity contribution in [1.82, 2.24) is 0 Å². The van der Waals surface area contributed by atoms with Crippen molar-refractivity contribution in [3.63, 3.8) is 0 Å². The molecule has 2 aromatic rings. The van der Waals surface area contributed by atoms with Crippen molar-refractivity contribution in [3.05, 3.63) is 59.7 Å². The largest absolute Gasteiger partial charge is 0.465 e. The highest BCUT2D eigenvalue weighted by Crippen LogP contribution is 2.15. The summed E-state index contributed by atoms with van der Waals surface area (Å²) in [5.74, 6) is -0.431. The van der Waals surface area contributed by atoms with E-state index in [1.807, 2.05) is 36.4 Å². The van der Waals surface area contributed by atoms with E-state index in [4.69, 9.17) is 0 Å². The van der Waals surface area contributed by atoms with Gasteiger partial charge in [0.1, 0.15) is 0 Å². The van der Waals surface area contributed by atoms with Crippen molar-refractivity contribution in [2.75, 3.05) is 17.7 Å². The van der Waals surface area contributed by atoms with E-state index in [1.54, 1.807) is 12.1 Å². The summed E-state index contributed by atoms with van der Waals surface area (Å²) in [4.78, 5) is 22.3. The number of amides is 1. The monoisotopic (exact) mass is 298 g/mol. The zero-order valence-electron chi connectivity index (χ0n) is 12.6. The molecule has 0 atom stereocenters. The van der Waals surface area contributed by atoms with Crippen LogP contribution in [0.15, 0.2) is 48.5 Å². The molecule has 5 nitrogen and oxygen atoms in total. The molecule has 0 radical (unpaired) electrons. The smallest absolute Gasteiger partial charge is 0.337 e. The summed E-state index contributed by atoms with van der Waals surface area (Å²) in [5, 5.41) is 5.99. The Labute approximate surface area is 129 Å². The molecule has 0 heterocycles. The standard InChI is InChI=1S/C17H18N2O3/c1-12(20)19-16-9-7-15(8-10-16)18-11-13-3-5-14(6-4-13)17(21)22-2/h3-10,18H,11H2,1-2H3,(H,19,20). The van der Waals surface area contributed by atoms with E-state index in [1.165, 1.54) is 14.0 Å². The fraction of sp³-hybridized carbons (Fsp3) is 0.176. The highest BCUT2D eigenvalue weighted by Gasteiger charge is 2.04. The van der Waals surface area contributed by atoms with Crippen LogP contribution < -0.4 is 10.6 Å². The molecule has 5 heteroatoms. The lowest BCUT2D eigenvalue weighted by Gasteiger charge is -2.08. The Morgan fingerprint density at radius 3 is 2.09 bits per heavy atom. The molecular formula is C17H18N2O3. The summed E-state index contributed by atoms with van der Waals surface area (Å²) in [6.45, 7) is 2.12. The number of ether oxygens (including phenoxy) is 1. The van der Waals surface area contributed by atoms with Crippen molar-refractivity contribution in [3.8, 4) is 0 Å². The molecule has 0 unspecified atom stereocenters. The van der Waals surface area contributed by atoms with Gasteiger partial charge in [-0.15, -0.1) is 0 Å². The number of carbonyl (C=O) groups excluding carboxylic acids is 2. The van der Waals surface area contributed by atoms with E-state index in [9.17, 15) is 9.59 Å². The second-order valence-corrected chi connectivity index (χ2v) is 4.80. The molecule has 1 amide bonds. The summed E-state index contributed by atoms with van der Waals surface area (Å²) >= 11 is 0. The van der Waals surface area contributed by atoms with Crippen LogP contribution in [-0.2, 0) is 16.1 Å². The Morgan fingerprint density at radius 2 is 1.55 bits per heavy atom. The van der Waals surface area contributed by atoms with Gasteiger partial charge in [-0.3, -0.25) is 4.79 Å². The maximum Gasteiger partial charge on any atom is 0.337 e. The minimum Gasteiger partial charge on any atom is -0.465 e. The van der Waals surface area contributed by atoms with Crippen LogP contribution in [0.5, 0.6) is 0 Å². The number of benzene rings is 2. The van der Waals surface area contributed by atoms with Crippen LogP contribution in [0, 0.1) is 0 Å². The Morgan fingerprint density at radius 1 is 0.955 bits per heavy atom. The van der Waals surface area contributed by atoms with E-state index in [-0.39, 0.29) is 11.9 Å². The van der Waals surface area contributed by atoms with Gasteiger partial charge in [0.15, 0.2) is 0 Å². The van der Waals surface area contributed by atoms with E-state index in [2.05, 4.69) is 15.4 Å². The van der Waals surface area contributed by atoms with Crippen molar-refractivity contribution in [2.24, 2.45) is 0 Å². The average Bonchev–Trinajstić information content (AvgIpc) is 2.53. The third-order valence-corrected chi connectivity index (χ3v) is 3.08. The first-order valence-corrected chi connectivity index (χ1v) is 6.87. The Bertz CT molecular complexity index is 649. The quantitative estimate of drug-likeness (QED) is 0.833. The number of rotatable bonds is 5. The fourth-order valence-corrected chi connectivity index (χ4v) is 1.96. The predicted molar refractivity (Wildman–Crippen MR) is 85.9 cm³/mol. The van der Waals surface area contributed by atoms with Crippen LogP contribution in [0.1, 0.15) is 22.8 Å². The van der Waals surface area contributed by atoms with E-state index < -0.39 is 0 Å². The van der Waals surface area contributed by atoms with Crippen molar-refractivity contribution in [1.29, 1.82) is 0 Å². The first kappa shape index (κ1) is 15.6. The summed E-state index contributed by atoms with van der Waals surface area (Å²) < 4.78 is 4.66. The molecule has 2 N–H and O–H groups in total. The molecule has 114 valence electrons. The van der Waals surface area contributed by atoms with Crippen LogP contribution in [0.3, 0.4) is 0 Å². The minimum atomic E-state index is -0.340. The zero-order valence-corrected chi connectivity index (χ0v) is 12.6. The second kappa shape index (κ2) is 7.26. The maximum absolute atomic E-state index is 11.3. The molecule has 0 fully saturated rings. The molecule has 0 saturated carbocycles. The highest BCUT2D eigenvalue weighted by molar-refractivity contribution is 5.89. The third-order valence-electron chi connectivity index (χ3n) is 3.08. The summed E-state index contributed by atoms with van der Waals surface area (Å²) in [5.41, 5.74) is 3.30. The first-order chi connectivity index (χ1) is 10.6. The molecular weight excluding hydrogens is 280 g/mol. The molecule has 22 heavy (non-hydrogen) atoms. The van der Waals surface area contributed by atoms with Gasteiger partial charge in [-0.25, -0.2) is 4.79 Å². The van der Waals surface area contributed by atoms with Gasteiger partial charge < -0.3 is 15.4 Å². The van der Waals surface area contributed by atoms with Gasteiger partial charge in [0.25, 0.3) is 0 Å². The van der Waals surface area contributed by atoms with Crippen LogP contribution >= 0.6 is 0 Å². The van der Waals surface area contributed by atoms with Gasteiger partial charge in [0.2, 0.25) is 5.91 Å². The molecule has 2 aromatic carbocycles. The maximum atomic E-state index is 11.3. The lowest BCUT2D eigenvalue weighted by molar-refractivity contribution is -0.114. The number of methoxy groups -OCH3 is 1. The second-order valence-electron chi connectivity index (χ2n) is 4.80. The molecule has 0 aliphatic carbocycles. The van der Waals surface area contributed by atoms with E-state index in [0.717, 1.165) is 16.9 Å². The van der Waals surface area contributed by atoms with Gasteiger partial charge in [-0.2, -0.15) is 0 Å². The fourth-order valence-electron chi connectivity index (χ4n) is 1.96. The van der Waals surface area contributed by atoms with Crippen LogP contribution in [-0.4, -0.2) is 19.0 Å². The molecule has 0 bridgehead atoms. The normalized spacial score (nSPS) is 9.91. The SMILES string of the molecule is COC(=O)c1ccc(CNc2ccc(NC(C)=O)cc2)cc1. The number of esters is 1. The van der Waals surface area contributed by atoms with Crippen molar-refractivity contribution in [2.45, 2.75) is 13.5 Å². The van der Waals surface area contributed by atoms with E-state index >= 15 is 0 Å². The first-order valence-electron chi connectivity index (χ1n) is 6.87. The van der Waals surface area contributed by atoms with E-state index in [0.29, 0.717) is 12.1 Å². The molecule has 0 aromatic heterocycles. The molecule has 0 aliphatic rings. The van der Waals surface area contributed by atoms with Crippen LogP contribution in [0.25, 0.3) is 0 Å². The summed E-state index contributed by atoms with van der Waals surface area (Å²) in [6, 6.07) is 14.7. The number of carbonyl (C=O) groups is 2. The lowest BCUT2D eigenvalue weighted by Crippen LogP contribution is -2.06. The van der Waals surface area contributed by atoms with Gasteiger partial charge in [-0.1, -0.05) is 12.1 Å². The lowest BCUT2D eigenvalue weighted by atomic mass is 10.1. The number of hydrogen-bond acceptors (Lipinski definition) is 4. The van der Waals surface area contributed by atoms with Gasteiger partial charge in [-0.05, 0) is 42.0 Å². The number of nitrogens with one attached hydrogen (secondary N) is 2. The molecule has 0 spiro atoms. The van der Waals surface area contributed by atoms with Crippen molar-refractivity contribution < 1.29 is 14.3 Å². The van der Waals surface area contributed by atoms with Crippen LogP contribution in [0.2, 0.25) is 0 Å². The number of anilines is 2.